The fraction of sp³-hybridized carbons (Fsp3) is 0.333. The highest BCUT2D eigenvalue weighted by atomic mass is 16.1. The predicted octanol–water partition coefficient (Wildman–Crippen LogP) is 2.40. The molecule has 1 aromatic rings. The summed E-state index contributed by atoms with van der Waals surface area (Å²) < 4.78 is 0. The van der Waals surface area contributed by atoms with Gasteiger partial charge in [0.15, 0.2) is 5.78 Å². The minimum Gasteiger partial charge on any atom is -0.299 e. The molecular weight excluding hydrogens is 176 g/mol. The van der Waals surface area contributed by atoms with Crippen LogP contribution in [0.3, 0.4) is 0 Å². The number of carbonyl (C=O) groups is 2. The Morgan fingerprint density at radius 1 is 1.21 bits per heavy atom. The first kappa shape index (κ1) is 10.6. The maximum Gasteiger partial charge on any atom is 0.173 e. The normalized spacial score (nSPS) is 12.2. The molecule has 1 unspecified atom stereocenters. The van der Waals surface area contributed by atoms with Crippen molar-refractivity contribution in [1.82, 2.24) is 0 Å². The lowest BCUT2D eigenvalue weighted by Crippen LogP contribution is -2.19. The van der Waals surface area contributed by atoms with Crippen LogP contribution in [0.1, 0.15) is 29.8 Å². The zero-order valence-corrected chi connectivity index (χ0v) is 8.70. The van der Waals surface area contributed by atoms with Crippen molar-refractivity contribution in [2.24, 2.45) is 5.92 Å². The third-order valence-electron chi connectivity index (χ3n) is 2.41. The van der Waals surface area contributed by atoms with Crippen molar-refractivity contribution in [1.29, 1.82) is 0 Å². The molecule has 0 spiro atoms. The Hall–Kier alpha value is -1.44. The van der Waals surface area contributed by atoms with Gasteiger partial charge in [-0.05, 0) is 26.3 Å². The van der Waals surface area contributed by atoms with E-state index in [1.807, 2.05) is 25.1 Å². The number of ketones is 2. The van der Waals surface area contributed by atoms with Crippen molar-refractivity contribution < 1.29 is 9.59 Å². The SMILES string of the molecule is CC(=O)C(C)C(=O)c1ccccc1C. The van der Waals surface area contributed by atoms with E-state index in [2.05, 4.69) is 0 Å². The Kier molecular flexibility index (Phi) is 3.18. The van der Waals surface area contributed by atoms with E-state index in [1.165, 1.54) is 6.92 Å². The average Bonchev–Trinajstić information content (AvgIpc) is 2.16. The minimum atomic E-state index is -0.531. The van der Waals surface area contributed by atoms with E-state index in [1.54, 1.807) is 13.0 Å². The summed E-state index contributed by atoms with van der Waals surface area (Å²) in [5.74, 6) is -0.704. The van der Waals surface area contributed by atoms with Gasteiger partial charge in [0, 0.05) is 5.56 Å². The molecule has 1 rings (SSSR count). The Morgan fingerprint density at radius 3 is 2.29 bits per heavy atom. The molecule has 0 aliphatic rings. The van der Waals surface area contributed by atoms with Gasteiger partial charge in [-0.25, -0.2) is 0 Å². The first-order chi connectivity index (χ1) is 6.54. The summed E-state index contributed by atoms with van der Waals surface area (Å²) in [4.78, 5) is 22.8. The van der Waals surface area contributed by atoms with Gasteiger partial charge >= 0.3 is 0 Å². The van der Waals surface area contributed by atoms with Gasteiger partial charge in [0.2, 0.25) is 0 Å². The Morgan fingerprint density at radius 2 is 1.79 bits per heavy atom. The second-order valence-electron chi connectivity index (χ2n) is 3.51. The maximum atomic E-state index is 11.8. The van der Waals surface area contributed by atoms with Crippen LogP contribution in [-0.4, -0.2) is 11.6 Å². The third-order valence-corrected chi connectivity index (χ3v) is 2.41. The highest BCUT2D eigenvalue weighted by Crippen LogP contribution is 2.13. The smallest absolute Gasteiger partial charge is 0.173 e. The van der Waals surface area contributed by atoms with Gasteiger partial charge in [-0.15, -0.1) is 0 Å². The first-order valence-corrected chi connectivity index (χ1v) is 4.64. The van der Waals surface area contributed by atoms with Crippen molar-refractivity contribution in [3.63, 3.8) is 0 Å². The van der Waals surface area contributed by atoms with Crippen LogP contribution in [0, 0.1) is 12.8 Å². The molecule has 0 saturated heterocycles. The number of benzene rings is 1. The van der Waals surface area contributed by atoms with E-state index in [0.29, 0.717) is 5.56 Å². The second-order valence-corrected chi connectivity index (χ2v) is 3.51. The van der Waals surface area contributed by atoms with Crippen LogP contribution in [0.5, 0.6) is 0 Å². The number of Topliss-reactive ketones (excluding diaryl/α,β-unsaturated/α-hetero) is 2. The largest absolute Gasteiger partial charge is 0.299 e. The summed E-state index contributed by atoms with van der Waals surface area (Å²) in [6.45, 7) is 4.97. The quantitative estimate of drug-likeness (QED) is 0.541. The van der Waals surface area contributed by atoms with E-state index < -0.39 is 5.92 Å². The highest BCUT2D eigenvalue weighted by Gasteiger charge is 2.20. The summed E-state index contributed by atoms with van der Waals surface area (Å²) in [6, 6.07) is 7.33. The Labute approximate surface area is 83.9 Å². The molecule has 0 aromatic heterocycles. The van der Waals surface area contributed by atoms with Crippen molar-refractivity contribution in [3.8, 4) is 0 Å². The summed E-state index contributed by atoms with van der Waals surface area (Å²) in [5.41, 5.74) is 1.57. The molecule has 0 bridgehead atoms. The van der Waals surface area contributed by atoms with Crippen LogP contribution < -0.4 is 0 Å². The van der Waals surface area contributed by atoms with E-state index in [-0.39, 0.29) is 11.6 Å². The van der Waals surface area contributed by atoms with E-state index >= 15 is 0 Å². The molecule has 1 atom stereocenters. The topological polar surface area (TPSA) is 34.1 Å². The zero-order valence-electron chi connectivity index (χ0n) is 8.70. The molecule has 0 saturated carbocycles. The molecule has 2 nitrogen and oxygen atoms in total. The summed E-state index contributed by atoms with van der Waals surface area (Å²) in [6.07, 6.45) is 0. The lowest BCUT2D eigenvalue weighted by molar-refractivity contribution is -0.118. The fourth-order valence-electron chi connectivity index (χ4n) is 1.27. The van der Waals surface area contributed by atoms with Crippen LogP contribution in [0.2, 0.25) is 0 Å². The summed E-state index contributed by atoms with van der Waals surface area (Å²) in [7, 11) is 0. The van der Waals surface area contributed by atoms with Crippen molar-refractivity contribution in [2.45, 2.75) is 20.8 Å². The molecular formula is C12H14O2. The maximum absolute atomic E-state index is 11.8. The van der Waals surface area contributed by atoms with Crippen LogP contribution in [0.15, 0.2) is 24.3 Å². The fourth-order valence-corrected chi connectivity index (χ4v) is 1.27. The van der Waals surface area contributed by atoms with Gasteiger partial charge < -0.3 is 0 Å². The van der Waals surface area contributed by atoms with E-state index in [0.717, 1.165) is 5.56 Å². The Bertz CT molecular complexity index is 366. The molecule has 1 aromatic carbocycles. The number of carbonyl (C=O) groups excluding carboxylic acids is 2. The van der Waals surface area contributed by atoms with Crippen LogP contribution in [0.25, 0.3) is 0 Å². The van der Waals surface area contributed by atoms with Crippen LogP contribution >= 0.6 is 0 Å². The third kappa shape index (κ3) is 2.08. The van der Waals surface area contributed by atoms with Crippen molar-refractivity contribution >= 4 is 11.6 Å². The van der Waals surface area contributed by atoms with Crippen molar-refractivity contribution in [3.05, 3.63) is 35.4 Å². The van der Waals surface area contributed by atoms with Crippen molar-refractivity contribution in [2.75, 3.05) is 0 Å². The molecule has 14 heavy (non-hydrogen) atoms. The van der Waals surface area contributed by atoms with Crippen LogP contribution in [0.4, 0.5) is 0 Å². The monoisotopic (exact) mass is 190 g/mol. The van der Waals surface area contributed by atoms with Gasteiger partial charge in [0.25, 0.3) is 0 Å². The Balaban J connectivity index is 3.01. The number of hydrogen-bond acceptors (Lipinski definition) is 2. The lowest BCUT2D eigenvalue weighted by Gasteiger charge is -2.08. The minimum absolute atomic E-state index is 0.0850. The van der Waals surface area contributed by atoms with Gasteiger partial charge in [0.1, 0.15) is 5.78 Å². The molecule has 0 aliphatic heterocycles. The first-order valence-electron chi connectivity index (χ1n) is 4.64. The van der Waals surface area contributed by atoms with Gasteiger partial charge in [0.05, 0.1) is 5.92 Å². The second kappa shape index (κ2) is 4.18. The molecule has 0 radical (unpaired) electrons. The standard InChI is InChI=1S/C12H14O2/c1-8-6-4-5-7-11(8)12(14)9(2)10(3)13/h4-7,9H,1-3H3. The molecule has 74 valence electrons. The molecule has 0 aliphatic carbocycles. The highest BCUT2D eigenvalue weighted by molar-refractivity contribution is 6.10. The number of aryl methyl sites for hydroxylation is 1. The molecule has 0 fully saturated rings. The molecule has 0 amide bonds. The number of hydrogen-bond donors (Lipinski definition) is 0. The van der Waals surface area contributed by atoms with Crippen LogP contribution in [-0.2, 0) is 4.79 Å². The van der Waals surface area contributed by atoms with E-state index in [9.17, 15) is 9.59 Å². The number of rotatable bonds is 3. The van der Waals surface area contributed by atoms with Gasteiger partial charge in [-0.2, -0.15) is 0 Å². The van der Waals surface area contributed by atoms with E-state index in [4.69, 9.17) is 0 Å². The van der Waals surface area contributed by atoms with Gasteiger partial charge in [-0.3, -0.25) is 9.59 Å². The zero-order chi connectivity index (χ0) is 10.7. The summed E-state index contributed by atoms with van der Waals surface area (Å²) >= 11 is 0. The summed E-state index contributed by atoms with van der Waals surface area (Å²) in [5, 5.41) is 0. The molecule has 0 heterocycles. The lowest BCUT2D eigenvalue weighted by atomic mass is 9.93. The average molecular weight is 190 g/mol. The molecule has 2 heteroatoms. The van der Waals surface area contributed by atoms with Gasteiger partial charge in [-0.1, -0.05) is 24.3 Å². The molecule has 0 N–H and O–H groups in total. The predicted molar refractivity (Wildman–Crippen MR) is 55.4 cm³/mol.